The number of nitrogens with one attached hydrogen (secondary N) is 1. The monoisotopic (exact) mass is 282 g/mol. The van der Waals surface area contributed by atoms with Crippen molar-refractivity contribution in [1.82, 2.24) is 0 Å². The molecule has 1 aromatic rings. The van der Waals surface area contributed by atoms with E-state index in [1.54, 1.807) is 0 Å². The van der Waals surface area contributed by atoms with Crippen molar-refractivity contribution in [1.29, 1.82) is 0 Å². The first-order valence-corrected chi connectivity index (χ1v) is 7.94. The van der Waals surface area contributed by atoms with E-state index in [0.717, 1.165) is 11.3 Å². The van der Waals surface area contributed by atoms with Gasteiger partial charge in [-0.1, -0.05) is 26.0 Å². The summed E-state index contributed by atoms with van der Waals surface area (Å²) in [4.78, 5) is 11.7. The Morgan fingerprint density at radius 2 is 1.95 bits per heavy atom. The molecule has 0 aliphatic heterocycles. The van der Waals surface area contributed by atoms with Gasteiger partial charge >= 0.3 is 0 Å². The van der Waals surface area contributed by atoms with E-state index in [1.807, 2.05) is 38.1 Å². The van der Waals surface area contributed by atoms with Crippen molar-refractivity contribution < 1.29 is 9.00 Å². The summed E-state index contributed by atoms with van der Waals surface area (Å²) in [7, 11) is -0.911. The van der Waals surface area contributed by atoms with Crippen LogP contribution in [0.4, 0.5) is 5.69 Å². The molecule has 0 spiro atoms. The third-order valence-electron chi connectivity index (χ3n) is 2.55. The topological polar surface area (TPSA) is 72.2 Å². The lowest BCUT2D eigenvalue weighted by Crippen LogP contribution is -2.17. The van der Waals surface area contributed by atoms with Gasteiger partial charge in [-0.25, -0.2) is 0 Å². The van der Waals surface area contributed by atoms with E-state index in [4.69, 9.17) is 5.73 Å². The first-order valence-electron chi connectivity index (χ1n) is 6.45. The molecule has 19 heavy (non-hydrogen) atoms. The van der Waals surface area contributed by atoms with Gasteiger partial charge in [0.1, 0.15) is 0 Å². The molecule has 3 N–H and O–H groups in total. The lowest BCUT2D eigenvalue weighted by atomic mass is 10.2. The van der Waals surface area contributed by atoms with Crippen LogP contribution >= 0.6 is 0 Å². The Morgan fingerprint density at radius 3 is 2.47 bits per heavy atom. The maximum Gasteiger partial charge on any atom is 0.225 e. The van der Waals surface area contributed by atoms with Gasteiger partial charge in [-0.3, -0.25) is 9.00 Å². The van der Waals surface area contributed by atoms with Gasteiger partial charge in [-0.2, -0.15) is 0 Å². The second kappa shape index (κ2) is 8.07. The van der Waals surface area contributed by atoms with Crippen LogP contribution < -0.4 is 11.1 Å². The summed E-state index contributed by atoms with van der Waals surface area (Å²) in [6.07, 6.45) is 0.290. The first kappa shape index (κ1) is 15.9. The van der Waals surface area contributed by atoms with E-state index in [1.165, 1.54) is 0 Å². The van der Waals surface area contributed by atoms with Gasteiger partial charge in [-0.05, 0) is 23.6 Å². The second-order valence-corrected chi connectivity index (χ2v) is 6.52. The summed E-state index contributed by atoms with van der Waals surface area (Å²) in [5.74, 6) is 1.37. The van der Waals surface area contributed by atoms with Gasteiger partial charge < -0.3 is 11.1 Å². The molecule has 0 aromatic heterocycles. The molecule has 1 unspecified atom stereocenters. The Kier molecular flexibility index (Phi) is 6.73. The fourth-order valence-electron chi connectivity index (χ4n) is 1.61. The van der Waals surface area contributed by atoms with Crippen molar-refractivity contribution in [2.24, 2.45) is 11.7 Å². The zero-order valence-corrected chi connectivity index (χ0v) is 12.3. The van der Waals surface area contributed by atoms with Crippen molar-refractivity contribution in [2.75, 3.05) is 16.8 Å². The van der Waals surface area contributed by atoms with Crippen LogP contribution in [-0.4, -0.2) is 21.6 Å². The summed E-state index contributed by atoms with van der Waals surface area (Å²) < 4.78 is 11.6. The van der Waals surface area contributed by atoms with Gasteiger partial charge in [0.05, 0.1) is 0 Å². The van der Waals surface area contributed by atoms with Crippen LogP contribution in [-0.2, 0) is 22.1 Å². The first-order chi connectivity index (χ1) is 9.01. The lowest BCUT2D eigenvalue weighted by molar-refractivity contribution is -0.115. The minimum atomic E-state index is -0.911. The molecule has 4 nitrogen and oxygen atoms in total. The van der Waals surface area contributed by atoms with Crippen molar-refractivity contribution >= 4 is 22.4 Å². The molecule has 0 heterocycles. The van der Waals surface area contributed by atoms with E-state index >= 15 is 0 Å². The van der Waals surface area contributed by atoms with Crippen molar-refractivity contribution in [2.45, 2.75) is 26.8 Å². The molecule has 1 amide bonds. The lowest BCUT2D eigenvalue weighted by Gasteiger charge is -2.07. The van der Waals surface area contributed by atoms with E-state index in [0.29, 0.717) is 24.0 Å². The molecule has 0 aliphatic rings. The Hall–Kier alpha value is -1.20. The number of anilines is 1. The van der Waals surface area contributed by atoms with Gasteiger partial charge in [0.25, 0.3) is 0 Å². The molecule has 1 atom stereocenters. The van der Waals surface area contributed by atoms with Crippen molar-refractivity contribution in [3.05, 3.63) is 29.8 Å². The zero-order valence-electron chi connectivity index (χ0n) is 11.5. The average Bonchev–Trinajstić information content (AvgIpc) is 2.36. The maximum atomic E-state index is 11.7. The van der Waals surface area contributed by atoms with Gasteiger partial charge in [-0.15, -0.1) is 0 Å². The van der Waals surface area contributed by atoms with Crippen LogP contribution in [0.5, 0.6) is 0 Å². The molecular formula is C14H22N2O2S. The molecule has 1 aromatic carbocycles. The molecule has 0 aliphatic carbocycles. The number of carbonyl (C=O) groups excluding carboxylic acids is 1. The fraction of sp³-hybridized carbons (Fsp3) is 0.500. The normalized spacial score (nSPS) is 12.4. The van der Waals surface area contributed by atoms with E-state index in [2.05, 4.69) is 5.32 Å². The number of nitrogens with two attached hydrogens (primary N) is 1. The molecule has 1 rings (SSSR count). The highest BCUT2D eigenvalue weighted by Gasteiger charge is 2.07. The number of rotatable bonds is 7. The molecule has 0 fully saturated rings. The van der Waals surface area contributed by atoms with Gasteiger partial charge in [0, 0.05) is 41.0 Å². The maximum absolute atomic E-state index is 11.7. The Balaban J connectivity index is 2.36. The Bertz CT molecular complexity index is 430. The van der Waals surface area contributed by atoms with E-state index in [9.17, 15) is 9.00 Å². The van der Waals surface area contributed by atoms with Gasteiger partial charge in [0.15, 0.2) is 0 Å². The van der Waals surface area contributed by atoms with Crippen molar-refractivity contribution in [3.8, 4) is 0 Å². The molecule has 0 bridgehead atoms. The minimum Gasteiger partial charge on any atom is -0.326 e. The molecular weight excluding hydrogens is 260 g/mol. The van der Waals surface area contributed by atoms with Crippen LogP contribution in [0.1, 0.15) is 25.8 Å². The highest BCUT2D eigenvalue weighted by Crippen LogP contribution is 2.09. The number of hydrogen-bond donors (Lipinski definition) is 2. The number of hydrogen-bond acceptors (Lipinski definition) is 3. The molecule has 0 radical (unpaired) electrons. The summed E-state index contributed by atoms with van der Waals surface area (Å²) in [6.45, 7) is 4.54. The Morgan fingerprint density at radius 1 is 1.32 bits per heavy atom. The number of carbonyl (C=O) groups is 1. The second-order valence-electron chi connectivity index (χ2n) is 4.90. The predicted octanol–water partition coefficient (Wildman–Crippen LogP) is 1.88. The summed E-state index contributed by atoms with van der Waals surface area (Å²) in [6, 6.07) is 7.41. The quantitative estimate of drug-likeness (QED) is 0.802. The van der Waals surface area contributed by atoms with Crippen LogP contribution in [0.3, 0.4) is 0 Å². The highest BCUT2D eigenvalue weighted by molar-refractivity contribution is 7.85. The molecule has 0 saturated heterocycles. The van der Waals surface area contributed by atoms with Crippen molar-refractivity contribution in [3.63, 3.8) is 0 Å². The third-order valence-corrected chi connectivity index (χ3v) is 4.25. The van der Waals surface area contributed by atoms with Gasteiger partial charge in [0.2, 0.25) is 5.91 Å². The SMILES string of the molecule is CC(C)CS(=O)CCC(=O)Nc1ccc(CN)cc1. The van der Waals surface area contributed by atoms with Crippen LogP contribution in [0, 0.1) is 5.92 Å². The van der Waals surface area contributed by atoms with Crippen LogP contribution in [0.2, 0.25) is 0 Å². The standard InChI is InChI=1S/C14H22N2O2S/c1-11(2)10-19(18)8-7-14(17)16-13-5-3-12(9-15)4-6-13/h3-6,11H,7-10,15H2,1-2H3,(H,16,17). The largest absolute Gasteiger partial charge is 0.326 e. The summed E-state index contributed by atoms with van der Waals surface area (Å²) in [5.41, 5.74) is 7.27. The molecule has 0 saturated carbocycles. The number of amides is 1. The minimum absolute atomic E-state index is 0.0994. The molecule has 5 heteroatoms. The average molecular weight is 282 g/mol. The fourth-order valence-corrected chi connectivity index (χ4v) is 2.93. The van der Waals surface area contributed by atoms with E-state index < -0.39 is 10.8 Å². The zero-order chi connectivity index (χ0) is 14.3. The number of benzene rings is 1. The summed E-state index contributed by atoms with van der Waals surface area (Å²) >= 11 is 0. The smallest absolute Gasteiger partial charge is 0.225 e. The van der Waals surface area contributed by atoms with E-state index in [-0.39, 0.29) is 12.3 Å². The highest BCUT2D eigenvalue weighted by atomic mass is 32.2. The Labute approximate surface area is 117 Å². The predicted molar refractivity (Wildman–Crippen MR) is 80.3 cm³/mol. The molecule has 106 valence electrons. The van der Waals surface area contributed by atoms with Crippen LogP contribution in [0.15, 0.2) is 24.3 Å². The summed E-state index contributed by atoms with van der Waals surface area (Å²) in [5, 5.41) is 2.79. The van der Waals surface area contributed by atoms with Crippen LogP contribution in [0.25, 0.3) is 0 Å². The third kappa shape index (κ3) is 6.50.